The first-order valence-electron chi connectivity index (χ1n) is 8.76. The number of aliphatic hydroxyl groups excluding tert-OH is 1. The molecule has 4 heteroatoms. The number of carbonyl (C=O) groups excluding carboxylic acids is 1. The Morgan fingerprint density at radius 2 is 1.96 bits per heavy atom. The molecule has 0 spiro atoms. The molecule has 3 rings (SSSR count). The van der Waals surface area contributed by atoms with E-state index < -0.39 is 5.41 Å². The Labute approximate surface area is 137 Å². The van der Waals surface area contributed by atoms with E-state index in [1.54, 1.807) is 6.07 Å². The highest BCUT2D eigenvalue weighted by atomic mass is 19.1. The van der Waals surface area contributed by atoms with Gasteiger partial charge in [-0.1, -0.05) is 25.0 Å². The number of nitrogens with zero attached hydrogens (tertiary/aromatic N) is 1. The molecule has 1 N–H and O–H groups in total. The Balaban J connectivity index is 1.80. The van der Waals surface area contributed by atoms with Crippen LogP contribution in [0.4, 0.5) is 4.39 Å². The van der Waals surface area contributed by atoms with E-state index in [-0.39, 0.29) is 23.7 Å². The van der Waals surface area contributed by atoms with Crippen LogP contribution in [0.1, 0.15) is 51.0 Å². The second-order valence-corrected chi connectivity index (χ2v) is 7.17. The zero-order valence-corrected chi connectivity index (χ0v) is 13.8. The lowest BCUT2D eigenvalue weighted by Crippen LogP contribution is -2.49. The van der Waals surface area contributed by atoms with Crippen molar-refractivity contribution in [3.8, 4) is 0 Å². The lowest BCUT2D eigenvalue weighted by molar-refractivity contribution is -0.139. The molecule has 1 aliphatic heterocycles. The highest BCUT2D eigenvalue weighted by Crippen LogP contribution is 2.43. The van der Waals surface area contributed by atoms with E-state index in [1.807, 2.05) is 17.9 Å². The quantitative estimate of drug-likeness (QED) is 0.929. The normalized spacial score (nSPS) is 23.0. The molecule has 0 radical (unpaired) electrons. The van der Waals surface area contributed by atoms with Crippen LogP contribution in [0.15, 0.2) is 24.3 Å². The summed E-state index contributed by atoms with van der Waals surface area (Å²) in [5, 5.41) is 9.73. The molecule has 1 saturated carbocycles. The number of rotatable bonds is 3. The van der Waals surface area contributed by atoms with Crippen LogP contribution in [0, 0.1) is 11.7 Å². The molecule has 1 aromatic carbocycles. The van der Waals surface area contributed by atoms with Gasteiger partial charge in [0.15, 0.2) is 0 Å². The van der Waals surface area contributed by atoms with E-state index in [0.717, 1.165) is 44.1 Å². The number of piperidine rings is 1. The fraction of sp³-hybridized carbons (Fsp3) is 0.632. The smallest absolute Gasteiger partial charge is 0.233 e. The second kappa shape index (κ2) is 6.60. The van der Waals surface area contributed by atoms with Crippen molar-refractivity contribution in [2.24, 2.45) is 5.92 Å². The maximum absolute atomic E-state index is 13.7. The third kappa shape index (κ3) is 3.14. The summed E-state index contributed by atoms with van der Waals surface area (Å²) in [7, 11) is 0. The highest BCUT2D eigenvalue weighted by molar-refractivity contribution is 5.88. The summed E-state index contributed by atoms with van der Waals surface area (Å²) in [6, 6.07) is 6.57. The van der Waals surface area contributed by atoms with E-state index in [1.165, 1.54) is 12.1 Å². The van der Waals surface area contributed by atoms with Gasteiger partial charge in [-0.25, -0.2) is 4.39 Å². The highest BCUT2D eigenvalue weighted by Gasteiger charge is 2.45. The molecule has 1 unspecified atom stereocenters. The SMILES string of the molecule is CC(O)C1CCN(C(=O)C2(c3cccc(F)c3)CCCC2)CC1. The molecule has 126 valence electrons. The van der Waals surface area contributed by atoms with Crippen LogP contribution < -0.4 is 0 Å². The maximum atomic E-state index is 13.7. The van der Waals surface area contributed by atoms with Crippen molar-refractivity contribution < 1.29 is 14.3 Å². The number of hydrogen-bond donors (Lipinski definition) is 1. The molecule has 2 aliphatic rings. The van der Waals surface area contributed by atoms with Gasteiger partial charge in [-0.15, -0.1) is 0 Å². The standard InChI is InChI=1S/C19H26FNO2/c1-14(22)15-7-11-21(12-8-15)18(23)19(9-2-3-10-19)16-5-4-6-17(20)13-16/h4-6,13-15,22H,2-3,7-12H2,1H3. The van der Waals surface area contributed by atoms with Crippen molar-refractivity contribution >= 4 is 5.91 Å². The molecule has 1 heterocycles. The minimum Gasteiger partial charge on any atom is -0.393 e. The minimum atomic E-state index is -0.542. The average Bonchev–Trinajstić information content (AvgIpc) is 3.05. The van der Waals surface area contributed by atoms with Gasteiger partial charge in [-0.05, 0) is 56.2 Å². The van der Waals surface area contributed by atoms with Crippen LogP contribution in [0.25, 0.3) is 0 Å². The Kier molecular flexibility index (Phi) is 4.72. The molecule has 0 aromatic heterocycles. The average molecular weight is 319 g/mol. The van der Waals surface area contributed by atoms with Gasteiger partial charge < -0.3 is 10.0 Å². The number of benzene rings is 1. The Hall–Kier alpha value is -1.42. The summed E-state index contributed by atoms with van der Waals surface area (Å²) >= 11 is 0. The number of hydrogen-bond acceptors (Lipinski definition) is 2. The Morgan fingerprint density at radius 1 is 1.30 bits per heavy atom. The van der Waals surface area contributed by atoms with Gasteiger partial charge in [-0.3, -0.25) is 4.79 Å². The summed E-state index contributed by atoms with van der Waals surface area (Å²) in [5.74, 6) is 0.173. The molecule has 1 aromatic rings. The van der Waals surface area contributed by atoms with Gasteiger partial charge in [0.1, 0.15) is 5.82 Å². The zero-order valence-electron chi connectivity index (χ0n) is 13.8. The van der Waals surface area contributed by atoms with Crippen molar-refractivity contribution in [3.05, 3.63) is 35.6 Å². The number of aliphatic hydroxyl groups is 1. The van der Waals surface area contributed by atoms with Crippen LogP contribution >= 0.6 is 0 Å². The fourth-order valence-corrected chi connectivity index (χ4v) is 4.28. The third-order valence-electron chi connectivity index (χ3n) is 5.75. The fourth-order valence-electron chi connectivity index (χ4n) is 4.28. The van der Waals surface area contributed by atoms with Crippen molar-refractivity contribution in [1.29, 1.82) is 0 Å². The molecule has 2 fully saturated rings. The third-order valence-corrected chi connectivity index (χ3v) is 5.75. The number of halogens is 1. The van der Waals surface area contributed by atoms with E-state index in [2.05, 4.69) is 0 Å². The molecular formula is C19H26FNO2. The van der Waals surface area contributed by atoms with Crippen molar-refractivity contribution in [2.75, 3.05) is 13.1 Å². The van der Waals surface area contributed by atoms with Gasteiger partial charge in [0, 0.05) is 13.1 Å². The largest absolute Gasteiger partial charge is 0.393 e. The predicted octanol–water partition coefficient (Wildman–Crippen LogP) is 3.26. The topological polar surface area (TPSA) is 40.5 Å². The van der Waals surface area contributed by atoms with E-state index in [9.17, 15) is 14.3 Å². The van der Waals surface area contributed by atoms with Gasteiger partial charge in [0.25, 0.3) is 0 Å². The molecule has 1 saturated heterocycles. The van der Waals surface area contributed by atoms with Crippen LogP contribution in [-0.4, -0.2) is 35.1 Å². The first-order valence-corrected chi connectivity index (χ1v) is 8.76. The molecular weight excluding hydrogens is 293 g/mol. The molecule has 0 bridgehead atoms. The predicted molar refractivity (Wildman–Crippen MR) is 87.5 cm³/mol. The first-order chi connectivity index (χ1) is 11.0. The molecule has 3 nitrogen and oxygen atoms in total. The van der Waals surface area contributed by atoms with Crippen molar-refractivity contribution in [3.63, 3.8) is 0 Å². The molecule has 23 heavy (non-hydrogen) atoms. The van der Waals surface area contributed by atoms with Crippen LogP contribution in [-0.2, 0) is 10.2 Å². The van der Waals surface area contributed by atoms with Gasteiger partial charge in [-0.2, -0.15) is 0 Å². The lowest BCUT2D eigenvalue weighted by atomic mass is 9.77. The summed E-state index contributed by atoms with van der Waals surface area (Å²) < 4.78 is 13.7. The summed E-state index contributed by atoms with van der Waals surface area (Å²) in [4.78, 5) is 15.2. The summed E-state index contributed by atoms with van der Waals surface area (Å²) in [5.41, 5.74) is 0.289. The monoisotopic (exact) mass is 319 g/mol. The zero-order chi connectivity index (χ0) is 16.4. The number of amides is 1. The van der Waals surface area contributed by atoms with Crippen LogP contribution in [0.3, 0.4) is 0 Å². The van der Waals surface area contributed by atoms with E-state index in [4.69, 9.17) is 0 Å². The first kappa shape index (κ1) is 16.4. The van der Waals surface area contributed by atoms with Crippen LogP contribution in [0.5, 0.6) is 0 Å². The lowest BCUT2D eigenvalue weighted by Gasteiger charge is -2.39. The number of carbonyl (C=O) groups is 1. The Bertz CT molecular complexity index is 558. The second-order valence-electron chi connectivity index (χ2n) is 7.17. The molecule has 1 aliphatic carbocycles. The number of likely N-dealkylation sites (tertiary alicyclic amines) is 1. The summed E-state index contributed by atoms with van der Waals surface area (Å²) in [6.45, 7) is 3.23. The van der Waals surface area contributed by atoms with Crippen molar-refractivity contribution in [2.45, 2.75) is 57.0 Å². The summed E-state index contributed by atoms with van der Waals surface area (Å²) in [6.07, 6.45) is 5.05. The minimum absolute atomic E-state index is 0.157. The Morgan fingerprint density at radius 3 is 2.52 bits per heavy atom. The molecule has 1 atom stereocenters. The van der Waals surface area contributed by atoms with Gasteiger partial charge in [0.2, 0.25) is 5.91 Å². The van der Waals surface area contributed by atoms with Gasteiger partial charge in [0.05, 0.1) is 11.5 Å². The van der Waals surface area contributed by atoms with Crippen molar-refractivity contribution in [1.82, 2.24) is 4.90 Å². The van der Waals surface area contributed by atoms with E-state index in [0.29, 0.717) is 13.1 Å². The molecule has 1 amide bonds. The van der Waals surface area contributed by atoms with E-state index >= 15 is 0 Å². The van der Waals surface area contributed by atoms with Gasteiger partial charge >= 0.3 is 0 Å². The van der Waals surface area contributed by atoms with Crippen LogP contribution in [0.2, 0.25) is 0 Å². The maximum Gasteiger partial charge on any atom is 0.233 e.